The lowest BCUT2D eigenvalue weighted by molar-refractivity contribution is 0.0481. The fourth-order valence-electron chi connectivity index (χ4n) is 1.54. The predicted octanol–water partition coefficient (Wildman–Crippen LogP) is 2.72. The minimum Gasteiger partial charge on any atom is -0.462 e. The Labute approximate surface area is 94.2 Å². The zero-order valence-electron chi connectivity index (χ0n) is 8.36. The van der Waals surface area contributed by atoms with Gasteiger partial charge in [-0.2, -0.15) is 0 Å². The number of esters is 1. The van der Waals surface area contributed by atoms with Gasteiger partial charge in [0.25, 0.3) is 0 Å². The number of ether oxygens (including phenoxy) is 1. The lowest BCUT2D eigenvalue weighted by atomic mass is 10.2. The van der Waals surface area contributed by atoms with Crippen molar-refractivity contribution in [1.82, 2.24) is 0 Å². The second kappa shape index (κ2) is 4.67. The molecule has 80 valence electrons. The van der Waals surface area contributed by atoms with Gasteiger partial charge in [-0.25, -0.2) is 4.79 Å². The molecule has 0 amide bonds. The van der Waals surface area contributed by atoms with Gasteiger partial charge in [-0.1, -0.05) is 18.2 Å². The molecule has 0 aliphatic heterocycles. The third-order valence-corrected chi connectivity index (χ3v) is 3.10. The molecule has 2 atom stereocenters. The lowest BCUT2D eigenvalue weighted by Gasteiger charge is -2.03. The molecule has 0 heterocycles. The van der Waals surface area contributed by atoms with Gasteiger partial charge in [0.1, 0.15) is 0 Å². The highest BCUT2D eigenvalue weighted by Crippen LogP contribution is 2.39. The first-order valence-corrected chi connectivity index (χ1v) is 5.63. The molecule has 1 saturated carbocycles. The van der Waals surface area contributed by atoms with E-state index < -0.39 is 0 Å². The molecule has 1 fully saturated rings. The van der Waals surface area contributed by atoms with Gasteiger partial charge in [0.2, 0.25) is 0 Å². The van der Waals surface area contributed by atoms with E-state index in [1.165, 1.54) is 0 Å². The number of hydrogen-bond donors (Lipinski definition) is 0. The standard InChI is InChI=1S/C12H13ClO2/c13-7-10-6-11(10)8-15-12(14)9-4-2-1-3-5-9/h1-5,10-11H,6-8H2. The molecule has 1 aliphatic rings. The molecule has 1 aromatic rings. The first kappa shape index (κ1) is 10.5. The van der Waals surface area contributed by atoms with E-state index in [0.717, 1.165) is 6.42 Å². The van der Waals surface area contributed by atoms with Crippen LogP contribution in [0.3, 0.4) is 0 Å². The quantitative estimate of drug-likeness (QED) is 0.581. The third kappa shape index (κ3) is 2.72. The number of alkyl halides is 1. The zero-order chi connectivity index (χ0) is 10.7. The van der Waals surface area contributed by atoms with E-state index in [-0.39, 0.29) is 5.97 Å². The molecule has 0 spiro atoms. The van der Waals surface area contributed by atoms with Crippen LogP contribution in [0.5, 0.6) is 0 Å². The summed E-state index contributed by atoms with van der Waals surface area (Å²) in [4.78, 5) is 11.5. The van der Waals surface area contributed by atoms with Crippen molar-refractivity contribution in [2.45, 2.75) is 6.42 Å². The monoisotopic (exact) mass is 224 g/mol. The molecule has 2 rings (SSSR count). The topological polar surface area (TPSA) is 26.3 Å². The van der Waals surface area contributed by atoms with Crippen LogP contribution in [-0.2, 0) is 4.74 Å². The summed E-state index contributed by atoms with van der Waals surface area (Å²) >= 11 is 5.69. The molecular formula is C12H13ClO2. The summed E-state index contributed by atoms with van der Waals surface area (Å²) in [5.41, 5.74) is 0.612. The van der Waals surface area contributed by atoms with Crippen molar-refractivity contribution < 1.29 is 9.53 Å². The second-order valence-electron chi connectivity index (χ2n) is 3.87. The number of carbonyl (C=O) groups is 1. The highest BCUT2D eigenvalue weighted by atomic mass is 35.5. The number of halogens is 1. The molecule has 0 bridgehead atoms. The fourth-order valence-corrected chi connectivity index (χ4v) is 1.92. The van der Waals surface area contributed by atoms with Gasteiger partial charge < -0.3 is 4.74 Å². The summed E-state index contributed by atoms with van der Waals surface area (Å²) < 4.78 is 5.19. The van der Waals surface area contributed by atoms with E-state index in [0.29, 0.717) is 29.9 Å². The van der Waals surface area contributed by atoms with Crippen LogP contribution in [0, 0.1) is 11.8 Å². The van der Waals surface area contributed by atoms with Crippen LogP contribution in [0.1, 0.15) is 16.8 Å². The van der Waals surface area contributed by atoms with E-state index in [1.54, 1.807) is 12.1 Å². The minimum atomic E-state index is -0.240. The second-order valence-corrected chi connectivity index (χ2v) is 4.18. The fraction of sp³-hybridized carbons (Fsp3) is 0.417. The summed E-state index contributed by atoms with van der Waals surface area (Å²) in [5.74, 6) is 1.47. The number of hydrogen-bond acceptors (Lipinski definition) is 2. The Balaban J connectivity index is 1.79. The van der Waals surface area contributed by atoms with Gasteiger partial charge in [-0.3, -0.25) is 0 Å². The first-order valence-electron chi connectivity index (χ1n) is 5.09. The maximum Gasteiger partial charge on any atom is 0.338 e. The maximum absolute atomic E-state index is 11.5. The summed E-state index contributed by atoms with van der Waals surface area (Å²) in [6.45, 7) is 0.505. The van der Waals surface area contributed by atoms with Crippen molar-refractivity contribution in [2.75, 3.05) is 12.5 Å². The van der Waals surface area contributed by atoms with Gasteiger partial charge in [-0.15, -0.1) is 11.6 Å². The molecule has 0 N–H and O–H groups in total. The van der Waals surface area contributed by atoms with Crippen molar-refractivity contribution in [2.24, 2.45) is 11.8 Å². The van der Waals surface area contributed by atoms with E-state index in [2.05, 4.69) is 0 Å². The molecule has 0 radical (unpaired) electrons. The Hall–Kier alpha value is -1.02. The molecule has 1 aromatic carbocycles. The van der Waals surface area contributed by atoms with Crippen molar-refractivity contribution in [3.8, 4) is 0 Å². The van der Waals surface area contributed by atoms with Gasteiger partial charge in [0.15, 0.2) is 0 Å². The molecule has 0 saturated heterocycles. The summed E-state index contributed by atoms with van der Waals surface area (Å²) in [7, 11) is 0. The Bertz CT molecular complexity index is 337. The van der Waals surface area contributed by atoms with Crippen molar-refractivity contribution >= 4 is 17.6 Å². The highest BCUT2D eigenvalue weighted by molar-refractivity contribution is 6.18. The highest BCUT2D eigenvalue weighted by Gasteiger charge is 2.37. The number of carbonyl (C=O) groups excluding carboxylic acids is 1. The van der Waals surface area contributed by atoms with Crippen LogP contribution in [0.2, 0.25) is 0 Å². The van der Waals surface area contributed by atoms with Crippen molar-refractivity contribution in [3.05, 3.63) is 35.9 Å². The van der Waals surface area contributed by atoms with Crippen molar-refractivity contribution in [1.29, 1.82) is 0 Å². The van der Waals surface area contributed by atoms with Crippen LogP contribution in [-0.4, -0.2) is 18.5 Å². The van der Waals surface area contributed by atoms with Crippen LogP contribution in [0.25, 0.3) is 0 Å². The molecule has 2 nitrogen and oxygen atoms in total. The van der Waals surface area contributed by atoms with E-state index in [9.17, 15) is 4.79 Å². The zero-order valence-corrected chi connectivity index (χ0v) is 9.11. The van der Waals surface area contributed by atoms with Gasteiger partial charge in [0.05, 0.1) is 12.2 Å². The van der Waals surface area contributed by atoms with Crippen LogP contribution >= 0.6 is 11.6 Å². The van der Waals surface area contributed by atoms with Gasteiger partial charge in [-0.05, 0) is 30.4 Å². The van der Waals surface area contributed by atoms with Crippen LogP contribution in [0.15, 0.2) is 30.3 Å². The third-order valence-electron chi connectivity index (χ3n) is 2.71. The van der Waals surface area contributed by atoms with Crippen LogP contribution in [0.4, 0.5) is 0 Å². The van der Waals surface area contributed by atoms with E-state index >= 15 is 0 Å². The maximum atomic E-state index is 11.5. The number of rotatable bonds is 4. The Morgan fingerprint density at radius 3 is 2.67 bits per heavy atom. The molecular weight excluding hydrogens is 212 g/mol. The first-order chi connectivity index (χ1) is 7.31. The summed E-state index contributed by atoms with van der Waals surface area (Å²) in [5, 5.41) is 0. The molecule has 3 heteroatoms. The minimum absolute atomic E-state index is 0.240. The smallest absolute Gasteiger partial charge is 0.338 e. The van der Waals surface area contributed by atoms with Crippen molar-refractivity contribution in [3.63, 3.8) is 0 Å². The summed E-state index contributed by atoms with van der Waals surface area (Å²) in [6, 6.07) is 9.05. The average Bonchev–Trinajstić information content (AvgIpc) is 3.06. The van der Waals surface area contributed by atoms with Gasteiger partial charge >= 0.3 is 5.97 Å². The normalized spacial score (nSPS) is 23.5. The van der Waals surface area contributed by atoms with E-state index in [4.69, 9.17) is 16.3 Å². The lowest BCUT2D eigenvalue weighted by Crippen LogP contribution is -2.08. The van der Waals surface area contributed by atoms with E-state index in [1.807, 2.05) is 18.2 Å². The Morgan fingerprint density at radius 2 is 2.07 bits per heavy atom. The summed E-state index contributed by atoms with van der Waals surface area (Å²) in [6.07, 6.45) is 1.09. The molecule has 1 aliphatic carbocycles. The Morgan fingerprint density at radius 1 is 1.33 bits per heavy atom. The largest absolute Gasteiger partial charge is 0.462 e. The Kier molecular flexibility index (Phi) is 3.27. The van der Waals surface area contributed by atoms with Gasteiger partial charge in [0, 0.05) is 5.88 Å². The SMILES string of the molecule is O=C(OCC1CC1CCl)c1ccccc1. The predicted molar refractivity (Wildman–Crippen MR) is 59.0 cm³/mol. The number of benzene rings is 1. The average molecular weight is 225 g/mol. The molecule has 2 unspecified atom stereocenters. The van der Waals surface area contributed by atoms with Crippen LogP contribution < -0.4 is 0 Å². The molecule has 0 aromatic heterocycles. The molecule has 15 heavy (non-hydrogen) atoms.